The summed E-state index contributed by atoms with van der Waals surface area (Å²) in [6, 6.07) is 30.6. The van der Waals surface area contributed by atoms with Crippen molar-refractivity contribution in [2.45, 2.75) is 39.5 Å². The number of phenolic OH excluding ortho intramolecular Hbond substituents is 1. The minimum atomic E-state index is 0.197. The molecular weight excluding hydrogens is 600 g/mol. The van der Waals surface area contributed by atoms with E-state index in [9.17, 15) is 9.59 Å². The molecule has 0 saturated heterocycles. The van der Waals surface area contributed by atoms with E-state index in [-0.39, 0.29) is 17.3 Å². The van der Waals surface area contributed by atoms with Gasteiger partial charge in [-0.25, -0.2) is 9.97 Å². The molecule has 0 fully saturated rings. The predicted octanol–water partition coefficient (Wildman–Crippen LogP) is 9.47. The lowest BCUT2D eigenvalue weighted by atomic mass is 10.1. The summed E-state index contributed by atoms with van der Waals surface area (Å²) < 4.78 is 8.66. The molecule has 1 N–H and O–H groups in total. The molecule has 6 aromatic rings. The Bertz CT molecular complexity index is 1710. The lowest BCUT2D eigenvalue weighted by Gasteiger charge is -2.03. The van der Waals surface area contributed by atoms with E-state index in [1.807, 2.05) is 84.9 Å². The van der Waals surface area contributed by atoms with Gasteiger partial charge in [0.1, 0.15) is 23.1 Å². The van der Waals surface area contributed by atoms with Crippen LogP contribution in [0.1, 0.15) is 37.8 Å². The molecule has 43 heavy (non-hydrogen) atoms. The minimum Gasteiger partial charge on any atom is -0.508 e. The van der Waals surface area contributed by atoms with Crippen LogP contribution in [-0.2, 0) is 22.4 Å². The maximum absolute atomic E-state index is 11.0. The molecule has 0 aliphatic rings. The first-order chi connectivity index (χ1) is 20.7. The van der Waals surface area contributed by atoms with E-state index >= 15 is 0 Å². The van der Waals surface area contributed by atoms with Crippen molar-refractivity contribution in [1.29, 1.82) is 0 Å². The second-order valence-corrected chi connectivity index (χ2v) is 12.3. The SMILES string of the molecule is CC(=O)CCc1ccc(O)cc1.CC(=O)CCc1ccc(Oc2nc3ccccc3s2)cc1.Clc1nc2ccccc2s1. The number of hydrogen-bond donors (Lipinski definition) is 1. The highest BCUT2D eigenvalue weighted by Crippen LogP contribution is 2.31. The van der Waals surface area contributed by atoms with Crippen LogP contribution in [0.25, 0.3) is 20.4 Å². The van der Waals surface area contributed by atoms with Crippen LogP contribution >= 0.6 is 34.3 Å². The number of halogens is 1. The average Bonchev–Trinajstić information content (AvgIpc) is 3.59. The molecule has 0 bridgehead atoms. The number of carbonyl (C=O) groups excluding carboxylic acids is 2. The van der Waals surface area contributed by atoms with Crippen molar-refractivity contribution in [3.8, 4) is 16.7 Å². The highest BCUT2D eigenvalue weighted by Gasteiger charge is 2.06. The second-order valence-electron chi connectivity index (χ2n) is 9.70. The van der Waals surface area contributed by atoms with Crippen molar-refractivity contribution < 1.29 is 19.4 Å². The molecule has 0 radical (unpaired) electrons. The standard InChI is InChI=1S/C17H15NO2S.C10H12O2.C7H4ClNS/c1-12(19)6-7-13-8-10-14(11-9-13)20-17-18-15-4-2-3-5-16(15)21-17;1-8(11)2-3-9-4-6-10(12)7-5-9;8-7-9-5-3-1-2-4-6(5)10-7/h2-5,8-11H,6-7H2,1H3;4-7,12H,2-3H2,1H3;1-4H. The van der Waals surface area contributed by atoms with Crippen LogP contribution in [-0.4, -0.2) is 26.6 Å². The first-order valence-electron chi connectivity index (χ1n) is 13.7. The lowest BCUT2D eigenvalue weighted by Crippen LogP contribution is -1.93. The second kappa shape index (κ2) is 15.9. The van der Waals surface area contributed by atoms with Gasteiger partial charge in [0.2, 0.25) is 0 Å². The zero-order chi connectivity index (χ0) is 30.6. The Balaban J connectivity index is 0.000000162. The van der Waals surface area contributed by atoms with Gasteiger partial charge in [-0.3, -0.25) is 0 Å². The van der Waals surface area contributed by atoms with E-state index < -0.39 is 0 Å². The zero-order valence-electron chi connectivity index (χ0n) is 23.8. The minimum absolute atomic E-state index is 0.197. The van der Waals surface area contributed by atoms with Gasteiger partial charge >= 0.3 is 0 Å². The number of nitrogens with zero attached hydrogens (tertiary/aromatic N) is 2. The Morgan fingerprint density at radius 3 is 1.70 bits per heavy atom. The van der Waals surface area contributed by atoms with Gasteiger partial charge in [0.25, 0.3) is 5.19 Å². The van der Waals surface area contributed by atoms with Crippen LogP contribution in [0.5, 0.6) is 16.7 Å². The van der Waals surface area contributed by atoms with Crippen molar-refractivity contribution in [2.75, 3.05) is 0 Å². The highest BCUT2D eigenvalue weighted by atomic mass is 35.5. The summed E-state index contributed by atoms with van der Waals surface area (Å²) in [6.07, 6.45) is 2.69. The molecule has 6 rings (SSSR count). The molecule has 0 amide bonds. The Labute approximate surface area is 263 Å². The van der Waals surface area contributed by atoms with Gasteiger partial charge in [0.05, 0.1) is 20.4 Å². The van der Waals surface area contributed by atoms with Gasteiger partial charge in [-0.05, 0) is 86.3 Å². The quantitative estimate of drug-likeness (QED) is 0.180. The maximum atomic E-state index is 11.0. The number of ketones is 2. The Hall–Kier alpha value is -4.11. The van der Waals surface area contributed by atoms with Crippen LogP contribution < -0.4 is 4.74 Å². The summed E-state index contributed by atoms with van der Waals surface area (Å²) in [5.41, 5.74) is 4.16. The number of carbonyl (C=O) groups is 2. The third kappa shape index (κ3) is 10.6. The molecule has 6 nitrogen and oxygen atoms in total. The fourth-order valence-electron chi connectivity index (χ4n) is 3.87. The van der Waals surface area contributed by atoms with E-state index in [2.05, 4.69) is 9.97 Å². The molecular formula is C34H31ClN2O4S2. The van der Waals surface area contributed by atoms with Crippen LogP contribution in [0.3, 0.4) is 0 Å². The number of benzene rings is 4. The third-order valence-corrected chi connectivity index (χ3v) is 8.19. The number of hydrogen-bond acceptors (Lipinski definition) is 8. The van der Waals surface area contributed by atoms with Crippen molar-refractivity contribution in [1.82, 2.24) is 9.97 Å². The number of Topliss-reactive ketones (excluding diaryl/α,β-unsaturated/α-hetero) is 2. The van der Waals surface area contributed by atoms with E-state index in [0.717, 1.165) is 50.2 Å². The fourth-order valence-corrected chi connectivity index (χ4v) is 5.73. The van der Waals surface area contributed by atoms with Gasteiger partial charge in [0, 0.05) is 12.8 Å². The number of para-hydroxylation sites is 2. The fraction of sp³-hybridized carbons (Fsp3) is 0.176. The van der Waals surface area contributed by atoms with Crippen molar-refractivity contribution in [2.24, 2.45) is 0 Å². The summed E-state index contributed by atoms with van der Waals surface area (Å²) in [5.74, 6) is 1.44. The number of aryl methyl sites for hydroxylation is 2. The molecule has 4 aromatic carbocycles. The van der Waals surface area contributed by atoms with Gasteiger partial charge in [0.15, 0.2) is 4.47 Å². The number of thiazole rings is 2. The number of fused-ring (bicyclic) bond motifs is 2. The summed E-state index contributed by atoms with van der Waals surface area (Å²) in [4.78, 5) is 30.2. The third-order valence-electron chi connectivity index (χ3n) is 6.14. The first-order valence-corrected chi connectivity index (χ1v) is 15.7. The molecule has 0 atom stereocenters. The Kier molecular flexibility index (Phi) is 11.8. The van der Waals surface area contributed by atoms with Gasteiger partial charge in [-0.2, -0.15) is 0 Å². The van der Waals surface area contributed by atoms with Crippen molar-refractivity contribution in [3.05, 3.63) is 113 Å². The average molecular weight is 631 g/mol. The first kappa shape index (κ1) is 31.8. The molecule has 0 aliphatic carbocycles. The van der Waals surface area contributed by atoms with E-state index in [0.29, 0.717) is 22.5 Å². The summed E-state index contributed by atoms with van der Waals surface area (Å²) in [7, 11) is 0. The monoisotopic (exact) mass is 630 g/mol. The Morgan fingerprint density at radius 1 is 0.698 bits per heavy atom. The summed E-state index contributed by atoms with van der Waals surface area (Å²) in [5, 5.41) is 9.61. The molecule has 0 spiro atoms. The molecule has 0 aliphatic heterocycles. The number of aromatic hydroxyl groups is 1. The molecule has 9 heteroatoms. The van der Waals surface area contributed by atoms with Crippen LogP contribution in [0.15, 0.2) is 97.1 Å². The zero-order valence-corrected chi connectivity index (χ0v) is 26.2. The van der Waals surface area contributed by atoms with E-state index in [1.54, 1.807) is 26.0 Å². The van der Waals surface area contributed by atoms with Gasteiger partial charge in [-0.1, -0.05) is 71.5 Å². The van der Waals surface area contributed by atoms with Crippen LogP contribution in [0.2, 0.25) is 4.47 Å². The normalized spacial score (nSPS) is 10.4. The summed E-state index contributed by atoms with van der Waals surface area (Å²) >= 11 is 8.73. The lowest BCUT2D eigenvalue weighted by molar-refractivity contribution is -0.117. The Morgan fingerprint density at radius 2 is 1.19 bits per heavy atom. The number of rotatable bonds is 8. The largest absolute Gasteiger partial charge is 0.508 e. The van der Waals surface area contributed by atoms with Crippen LogP contribution in [0, 0.1) is 0 Å². The predicted molar refractivity (Wildman–Crippen MR) is 177 cm³/mol. The molecule has 2 heterocycles. The van der Waals surface area contributed by atoms with E-state index in [1.165, 1.54) is 22.7 Å². The smallest absolute Gasteiger partial charge is 0.279 e. The molecule has 0 unspecified atom stereocenters. The number of phenols is 1. The highest BCUT2D eigenvalue weighted by molar-refractivity contribution is 7.22. The van der Waals surface area contributed by atoms with Gasteiger partial charge in [-0.15, -0.1) is 11.3 Å². The van der Waals surface area contributed by atoms with Crippen molar-refractivity contribution >= 4 is 66.3 Å². The van der Waals surface area contributed by atoms with Crippen LogP contribution in [0.4, 0.5) is 0 Å². The van der Waals surface area contributed by atoms with Crippen molar-refractivity contribution in [3.63, 3.8) is 0 Å². The number of aromatic nitrogens is 2. The number of ether oxygens (including phenoxy) is 1. The van der Waals surface area contributed by atoms with Gasteiger partial charge < -0.3 is 19.4 Å². The van der Waals surface area contributed by atoms with E-state index in [4.69, 9.17) is 21.4 Å². The molecule has 2 aromatic heterocycles. The summed E-state index contributed by atoms with van der Waals surface area (Å²) in [6.45, 7) is 3.20. The maximum Gasteiger partial charge on any atom is 0.279 e. The molecule has 220 valence electrons. The topological polar surface area (TPSA) is 89.4 Å². The molecule has 0 saturated carbocycles.